The predicted molar refractivity (Wildman–Crippen MR) is 89.3 cm³/mol. The summed E-state index contributed by atoms with van der Waals surface area (Å²) in [5.41, 5.74) is 0.827. The second kappa shape index (κ2) is 6.70. The number of benzene rings is 1. The fourth-order valence-electron chi connectivity index (χ4n) is 3.66. The van der Waals surface area contributed by atoms with E-state index in [1.165, 1.54) is 12.0 Å². The topological polar surface area (TPSA) is 72.9 Å². The molecule has 25 heavy (non-hydrogen) atoms. The number of methoxy groups -OCH3 is 2. The van der Waals surface area contributed by atoms with Crippen LogP contribution in [0.25, 0.3) is 0 Å². The lowest BCUT2D eigenvalue weighted by atomic mass is 9.72. The quantitative estimate of drug-likeness (QED) is 0.473. The normalized spacial score (nSPS) is 28.0. The van der Waals surface area contributed by atoms with Crippen molar-refractivity contribution >= 4 is 17.8 Å². The fraction of sp³-hybridized carbons (Fsp3) is 0.421. The van der Waals surface area contributed by atoms with E-state index >= 15 is 0 Å². The van der Waals surface area contributed by atoms with Crippen molar-refractivity contribution in [1.82, 2.24) is 4.90 Å². The number of imide groups is 1. The number of likely N-dealkylation sites (tertiary alicyclic amines) is 1. The van der Waals surface area contributed by atoms with E-state index in [1.807, 2.05) is 25.1 Å². The van der Waals surface area contributed by atoms with Crippen LogP contribution in [0.15, 0.2) is 36.4 Å². The van der Waals surface area contributed by atoms with Gasteiger partial charge >= 0.3 is 5.97 Å². The van der Waals surface area contributed by atoms with Crippen LogP contribution in [0.5, 0.6) is 5.75 Å². The van der Waals surface area contributed by atoms with Crippen molar-refractivity contribution < 1.29 is 23.9 Å². The van der Waals surface area contributed by atoms with E-state index < -0.39 is 23.7 Å². The first-order chi connectivity index (χ1) is 12.0. The number of fused-ring (bicyclic) bond motifs is 1. The third kappa shape index (κ3) is 2.92. The summed E-state index contributed by atoms with van der Waals surface area (Å²) < 4.78 is 9.98. The molecule has 0 N–H and O–H groups in total. The molecular formula is C19H21NO5. The first-order valence-electron chi connectivity index (χ1n) is 8.22. The SMILES string of the molecule is COC(=O)C1C(C)C=CC2C(=O)N(Cc3ccc(OC)cc3)C(=O)C21. The highest BCUT2D eigenvalue weighted by atomic mass is 16.5. The van der Waals surface area contributed by atoms with Gasteiger partial charge in [-0.1, -0.05) is 31.2 Å². The molecule has 2 amide bonds. The van der Waals surface area contributed by atoms with Gasteiger partial charge in [0.15, 0.2) is 0 Å². The van der Waals surface area contributed by atoms with Gasteiger partial charge in [-0.15, -0.1) is 0 Å². The van der Waals surface area contributed by atoms with Crippen molar-refractivity contribution in [2.45, 2.75) is 13.5 Å². The molecule has 4 unspecified atom stereocenters. The minimum Gasteiger partial charge on any atom is -0.497 e. The monoisotopic (exact) mass is 343 g/mol. The summed E-state index contributed by atoms with van der Waals surface area (Å²) in [6.45, 7) is 2.04. The maximum atomic E-state index is 12.9. The van der Waals surface area contributed by atoms with Gasteiger partial charge in [-0.2, -0.15) is 0 Å². The average molecular weight is 343 g/mol. The second-order valence-electron chi connectivity index (χ2n) is 6.46. The summed E-state index contributed by atoms with van der Waals surface area (Å²) in [5, 5.41) is 0. The van der Waals surface area contributed by atoms with Crippen molar-refractivity contribution in [2.75, 3.05) is 14.2 Å². The number of rotatable bonds is 4. The molecule has 1 aromatic carbocycles. The Balaban J connectivity index is 1.86. The van der Waals surface area contributed by atoms with E-state index in [0.717, 1.165) is 5.56 Å². The Kier molecular flexibility index (Phi) is 4.61. The molecule has 132 valence electrons. The second-order valence-corrected chi connectivity index (χ2v) is 6.46. The van der Waals surface area contributed by atoms with Crippen molar-refractivity contribution in [3.05, 3.63) is 42.0 Å². The van der Waals surface area contributed by atoms with Gasteiger partial charge in [-0.05, 0) is 23.6 Å². The highest BCUT2D eigenvalue weighted by molar-refractivity contribution is 6.07. The largest absolute Gasteiger partial charge is 0.497 e. The fourth-order valence-corrected chi connectivity index (χ4v) is 3.66. The van der Waals surface area contributed by atoms with Crippen molar-refractivity contribution in [3.63, 3.8) is 0 Å². The maximum Gasteiger partial charge on any atom is 0.310 e. The molecule has 1 saturated heterocycles. The van der Waals surface area contributed by atoms with Crippen LogP contribution >= 0.6 is 0 Å². The Labute approximate surface area is 146 Å². The van der Waals surface area contributed by atoms with Gasteiger partial charge < -0.3 is 9.47 Å². The molecule has 1 aliphatic heterocycles. The van der Waals surface area contributed by atoms with E-state index in [0.29, 0.717) is 5.75 Å². The molecule has 0 saturated carbocycles. The van der Waals surface area contributed by atoms with Gasteiger partial charge in [0.05, 0.1) is 38.5 Å². The number of nitrogens with zero attached hydrogens (tertiary/aromatic N) is 1. The lowest BCUT2D eigenvalue weighted by molar-refractivity contribution is -0.153. The van der Waals surface area contributed by atoms with E-state index in [9.17, 15) is 14.4 Å². The molecular weight excluding hydrogens is 322 g/mol. The number of amides is 2. The smallest absolute Gasteiger partial charge is 0.310 e. The number of esters is 1. The summed E-state index contributed by atoms with van der Waals surface area (Å²) in [6, 6.07) is 7.20. The minimum absolute atomic E-state index is 0.147. The zero-order valence-electron chi connectivity index (χ0n) is 14.5. The summed E-state index contributed by atoms with van der Waals surface area (Å²) in [5.74, 6) is -2.36. The molecule has 3 rings (SSSR count). The van der Waals surface area contributed by atoms with Crippen molar-refractivity contribution in [3.8, 4) is 5.75 Å². The Bertz CT molecular complexity index is 724. The molecule has 2 aliphatic rings. The van der Waals surface area contributed by atoms with Crippen LogP contribution < -0.4 is 4.74 Å². The van der Waals surface area contributed by atoms with Gasteiger partial charge in [0.2, 0.25) is 11.8 Å². The molecule has 1 aromatic rings. The van der Waals surface area contributed by atoms with Crippen LogP contribution in [-0.2, 0) is 25.7 Å². The maximum absolute atomic E-state index is 12.9. The van der Waals surface area contributed by atoms with Gasteiger partial charge in [0, 0.05) is 0 Å². The summed E-state index contributed by atoms with van der Waals surface area (Å²) in [6.07, 6.45) is 3.58. The van der Waals surface area contributed by atoms with Crippen LogP contribution in [0, 0.1) is 23.7 Å². The molecule has 6 heteroatoms. The molecule has 4 atom stereocenters. The number of carbonyl (C=O) groups is 3. The molecule has 0 spiro atoms. The first kappa shape index (κ1) is 17.2. The standard InChI is InChI=1S/C19H21NO5/c1-11-4-9-14-16(15(11)19(23)25-3)18(22)20(17(14)21)10-12-5-7-13(24-2)8-6-12/h4-9,11,14-16H,10H2,1-3H3. The number of hydrogen-bond acceptors (Lipinski definition) is 5. The number of hydrogen-bond donors (Lipinski definition) is 0. The average Bonchev–Trinajstić information content (AvgIpc) is 2.86. The third-order valence-corrected chi connectivity index (χ3v) is 5.04. The Hall–Kier alpha value is -2.63. The first-order valence-corrected chi connectivity index (χ1v) is 8.22. The van der Waals surface area contributed by atoms with E-state index in [4.69, 9.17) is 9.47 Å². The van der Waals surface area contributed by atoms with Crippen molar-refractivity contribution in [1.29, 1.82) is 0 Å². The molecule has 0 aromatic heterocycles. The lowest BCUT2D eigenvalue weighted by Crippen LogP contribution is -2.39. The van der Waals surface area contributed by atoms with Gasteiger partial charge in [-0.3, -0.25) is 19.3 Å². The molecule has 0 bridgehead atoms. The lowest BCUT2D eigenvalue weighted by Gasteiger charge is -2.29. The predicted octanol–water partition coefficient (Wildman–Crippen LogP) is 1.79. The van der Waals surface area contributed by atoms with Crippen LogP contribution in [0.1, 0.15) is 12.5 Å². The van der Waals surface area contributed by atoms with Gasteiger partial charge in [0.25, 0.3) is 0 Å². The third-order valence-electron chi connectivity index (χ3n) is 5.04. The van der Waals surface area contributed by atoms with E-state index in [1.54, 1.807) is 25.3 Å². The van der Waals surface area contributed by atoms with Crippen LogP contribution in [-0.4, -0.2) is 36.9 Å². The van der Waals surface area contributed by atoms with Crippen LogP contribution in [0.3, 0.4) is 0 Å². The molecule has 1 heterocycles. The van der Waals surface area contributed by atoms with E-state index in [2.05, 4.69) is 0 Å². The summed E-state index contributed by atoms with van der Waals surface area (Å²) >= 11 is 0. The van der Waals surface area contributed by atoms with Crippen LogP contribution in [0.2, 0.25) is 0 Å². The number of carbonyl (C=O) groups excluding carboxylic acids is 3. The Morgan fingerprint density at radius 2 is 1.76 bits per heavy atom. The molecule has 0 radical (unpaired) electrons. The van der Waals surface area contributed by atoms with Crippen LogP contribution in [0.4, 0.5) is 0 Å². The zero-order valence-corrected chi connectivity index (χ0v) is 14.5. The highest BCUT2D eigenvalue weighted by Gasteiger charge is 2.54. The highest BCUT2D eigenvalue weighted by Crippen LogP contribution is 2.41. The van der Waals surface area contributed by atoms with Gasteiger partial charge in [0.1, 0.15) is 5.75 Å². The summed E-state index contributed by atoms with van der Waals surface area (Å²) in [7, 11) is 2.88. The van der Waals surface area contributed by atoms with Crippen molar-refractivity contribution in [2.24, 2.45) is 23.7 Å². The number of ether oxygens (including phenoxy) is 2. The summed E-state index contributed by atoms with van der Waals surface area (Å²) in [4.78, 5) is 39.0. The zero-order chi connectivity index (χ0) is 18.1. The molecule has 6 nitrogen and oxygen atoms in total. The van der Waals surface area contributed by atoms with Gasteiger partial charge in [-0.25, -0.2) is 0 Å². The Morgan fingerprint density at radius 1 is 1.08 bits per heavy atom. The molecule has 1 aliphatic carbocycles. The Morgan fingerprint density at radius 3 is 2.36 bits per heavy atom. The number of allylic oxidation sites excluding steroid dienone is 1. The van der Waals surface area contributed by atoms with E-state index in [-0.39, 0.29) is 24.3 Å². The minimum atomic E-state index is -0.682. The molecule has 1 fully saturated rings.